The molecule has 0 fully saturated rings. The van der Waals surface area contributed by atoms with Crippen molar-refractivity contribution < 1.29 is 13.9 Å². The molecule has 0 saturated heterocycles. The fourth-order valence-electron chi connectivity index (χ4n) is 3.22. The molecule has 0 aliphatic rings. The molecule has 0 saturated carbocycles. The molecule has 0 heterocycles. The highest BCUT2D eigenvalue weighted by atomic mass is 19.1. The maximum absolute atomic E-state index is 15.2. The number of rotatable bonds is 3. The van der Waals surface area contributed by atoms with Crippen LogP contribution in [-0.2, 0) is 6.42 Å². The SMILES string of the molecule is CCc1c(C)cc(-c2cccc(-c3cccc(C)c3O)c2F)cc1F. The van der Waals surface area contributed by atoms with Crippen molar-refractivity contribution in [3.05, 3.63) is 76.9 Å². The average Bonchev–Trinajstić information content (AvgIpc) is 2.57. The number of phenolic OH excluding ortho intramolecular Hbond substituents is 1. The van der Waals surface area contributed by atoms with Crippen molar-refractivity contribution in [2.45, 2.75) is 27.2 Å². The van der Waals surface area contributed by atoms with Crippen molar-refractivity contribution in [2.75, 3.05) is 0 Å². The first-order valence-corrected chi connectivity index (χ1v) is 8.30. The number of phenols is 1. The summed E-state index contributed by atoms with van der Waals surface area (Å²) < 4.78 is 29.5. The van der Waals surface area contributed by atoms with Gasteiger partial charge in [0.25, 0.3) is 0 Å². The molecule has 0 spiro atoms. The number of aromatic hydroxyl groups is 1. The lowest BCUT2D eigenvalue weighted by atomic mass is 9.94. The van der Waals surface area contributed by atoms with Crippen molar-refractivity contribution in [3.8, 4) is 28.0 Å². The van der Waals surface area contributed by atoms with E-state index >= 15 is 4.39 Å². The van der Waals surface area contributed by atoms with Gasteiger partial charge in [0, 0.05) is 16.7 Å². The van der Waals surface area contributed by atoms with Gasteiger partial charge in [-0.05, 0) is 48.6 Å². The first kappa shape index (κ1) is 17.2. The first-order valence-electron chi connectivity index (χ1n) is 8.30. The molecule has 0 aliphatic carbocycles. The summed E-state index contributed by atoms with van der Waals surface area (Å²) in [5, 5.41) is 10.3. The Kier molecular flexibility index (Phi) is 4.58. The summed E-state index contributed by atoms with van der Waals surface area (Å²) in [6.45, 7) is 5.50. The molecule has 1 nitrogen and oxygen atoms in total. The van der Waals surface area contributed by atoms with E-state index in [-0.39, 0.29) is 11.6 Å². The number of para-hydroxylation sites is 1. The number of benzene rings is 3. The zero-order valence-corrected chi connectivity index (χ0v) is 14.5. The molecular formula is C22H20F2O. The van der Waals surface area contributed by atoms with Crippen molar-refractivity contribution in [2.24, 2.45) is 0 Å². The minimum absolute atomic E-state index is 0.0576. The minimum Gasteiger partial charge on any atom is -0.507 e. The van der Waals surface area contributed by atoms with E-state index in [1.165, 1.54) is 6.07 Å². The van der Waals surface area contributed by atoms with E-state index in [2.05, 4.69) is 0 Å². The van der Waals surface area contributed by atoms with Crippen LogP contribution in [-0.4, -0.2) is 5.11 Å². The van der Waals surface area contributed by atoms with Crippen LogP contribution in [0.25, 0.3) is 22.3 Å². The fourth-order valence-corrected chi connectivity index (χ4v) is 3.22. The molecule has 128 valence electrons. The van der Waals surface area contributed by atoms with Gasteiger partial charge in [0.1, 0.15) is 17.4 Å². The van der Waals surface area contributed by atoms with E-state index in [4.69, 9.17) is 0 Å². The Bertz CT molecular complexity index is 922. The van der Waals surface area contributed by atoms with Gasteiger partial charge in [0.2, 0.25) is 0 Å². The summed E-state index contributed by atoms with van der Waals surface area (Å²) >= 11 is 0. The van der Waals surface area contributed by atoms with E-state index in [0.29, 0.717) is 39.8 Å². The van der Waals surface area contributed by atoms with E-state index in [9.17, 15) is 9.50 Å². The standard InChI is InChI=1S/C22H20F2O/c1-4-16-14(3)11-15(12-20(16)23)17-8-6-9-18(21(17)24)19-10-5-7-13(2)22(19)25/h5-12,25H,4H2,1-3H3. The second kappa shape index (κ2) is 6.67. The largest absolute Gasteiger partial charge is 0.507 e. The van der Waals surface area contributed by atoms with E-state index in [1.54, 1.807) is 49.4 Å². The van der Waals surface area contributed by atoms with Crippen molar-refractivity contribution >= 4 is 0 Å². The van der Waals surface area contributed by atoms with E-state index in [0.717, 1.165) is 5.56 Å². The molecular weight excluding hydrogens is 318 g/mol. The molecule has 3 aromatic carbocycles. The Hall–Kier alpha value is -2.68. The lowest BCUT2D eigenvalue weighted by Gasteiger charge is -2.13. The molecule has 0 amide bonds. The number of hydrogen-bond acceptors (Lipinski definition) is 1. The number of aryl methyl sites for hydroxylation is 2. The number of hydrogen-bond donors (Lipinski definition) is 1. The predicted octanol–water partition coefficient (Wildman–Crippen LogP) is 6.18. The third kappa shape index (κ3) is 3.02. The maximum atomic E-state index is 15.2. The third-order valence-electron chi connectivity index (χ3n) is 4.61. The highest BCUT2D eigenvalue weighted by Crippen LogP contribution is 2.37. The highest BCUT2D eigenvalue weighted by molar-refractivity contribution is 5.78. The Labute approximate surface area is 146 Å². The van der Waals surface area contributed by atoms with Crippen LogP contribution in [0.2, 0.25) is 0 Å². The van der Waals surface area contributed by atoms with Crippen LogP contribution in [0.4, 0.5) is 8.78 Å². The van der Waals surface area contributed by atoms with Gasteiger partial charge in [0.05, 0.1) is 0 Å². The zero-order chi connectivity index (χ0) is 18.1. The van der Waals surface area contributed by atoms with Gasteiger partial charge in [-0.1, -0.05) is 49.4 Å². The Balaban J connectivity index is 2.19. The first-order chi connectivity index (χ1) is 11.9. The summed E-state index contributed by atoms with van der Waals surface area (Å²) in [5.41, 5.74) is 3.69. The fraction of sp³-hybridized carbons (Fsp3) is 0.182. The van der Waals surface area contributed by atoms with Gasteiger partial charge in [-0.25, -0.2) is 8.78 Å². The summed E-state index contributed by atoms with van der Waals surface area (Å²) in [4.78, 5) is 0. The summed E-state index contributed by atoms with van der Waals surface area (Å²) in [5.74, 6) is -0.727. The molecule has 0 bridgehead atoms. The van der Waals surface area contributed by atoms with Crippen molar-refractivity contribution in [1.29, 1.82) is 0 Å². The maximum Gasteiger partial charge on any atom is 0.138 e. The Morgan fingerprint density at radius 1 is 0.840 bits per heavy atom. The number of halogens is 2. The van der Waals surface area contributed by atoms with Gasteiger partial charge >= 0.3 is 0 Å². The predicted molar refractivity (Wildman–Crippen MR) is 97.7 cm³/mol. The lowest BCUT2D eigenvalue weighted by molar-refractivity contribution is 0.472. The van der Waals surface area contributed by atoms with Crippen LogP contribution >= 0.6 is 0 Å². The topological polar surface area (TPSA) is 20.2 Å². The molecule has 0 aromatic heterocycles. The van der Waals surface area contributed by atoms with Crippen molar-refractivity contribution in [1.82, 2.24) is 0 Å². The minimum atomic E-state index is -0.466. The van der Waals surface area contributed by atoms with Crippen LogP contribution in [0.15, 0.2) is 48.5 Å². The van der Waals surface area contributed by atoms with Crippen LogP contribution in [0.3, 0.4) is 0 Å². The quantitative estimate of drug-likeness (QED) is 0.604. The normalized spacial score (nSPS) is 10.9. The van der Waals surface area contributed by atoms with Gasteiger partial charge < -0.3 is 5.11 Å². The van der Waals surface area contributed by atoms with Gasteiger partial charge in [0.15, 0.2) is 0 Å². The van der Waals surface area contributed by atoms with Crippen LogP contribution in [0.5, 0.6) is 5.75 Å². The van der Waals surface area contributed by atoms with E-state index < -0.39 is 5.82 Å². The zero-order valence-electron chi connectivity index (χ0n) is 14.5. The molecule has 1 N–H and O–H groups in total. The molecule has 0 aliphatic heterocycles. The molecule has 3 rings (SSSR count). The highest BCUT2D eigenvalue weighted by Gasteiger charge is 2.16. The third-order valence-corrected chi connectivity index (χ3v) is 4.61. The smallest absolute Gasteiger partial charge is 0.138 e. The van der Waals surface area contributed by atoms with Crippen LogP contribution in [0.1, 0.15) is 23.6 Å². The van der Waals surface area contributed by atoms with Gasteiger partial charge in [-0.3, -0.25) is 0 Å². The molecule has 25 heavy (non-hydrogen) atoms. The summed E-state index contributed by atoms with van der Waals surface area (Å²) in [6.07, 6.45) is 0.595. The van der Waals surface area contributed by atoms with Crippen molar-refractivity contribution in [3.63, 3.8) is 0 Å². The molecule has 0 radical (unpaired) electrons. The second-order valence-corrected chi connectivity index (χ2v) is 6.25. The molecule has 3 aromatic rings. The molecule has 0 atom stereocenters. The summed E-state index contributed by atoms with van der Waals surface area (Å²) in [6, 6.07) is 13.4. The molecule has 3 heteroatoms. The lowest BCUT2D eigenvalue weighted by Crippen LogP contribution is -1.96. The van der Waals surface area contributed by atoms with E-state index in [1.807, 2.05) is 13.8 Å². The Morgan fingerprint density at radius 3 is 2.16 bits per heavy atom. The average molecular weight is 338 g/mol. The van der Waals surface area contributed by atoms with Crippen LogP contribution < -0.4 is 0 Å². The molecule has 0 unspecified atom stereocenters. The van der Waals surface area contributed by atoms with Crippen LogP contribution in [0, 0.1) is 25.5 Å². The van der Waals surface area contributed by atoms with Gasteiger partial charge in [-0.15, -0.1) is 0 Å². The second-order valence-electron chi connectivity index (χ2n) is 6.25. The monoisotopic (exact) mass is 338 g/mol. The Morgan fingerprint density at radius 2 is 1.48 bits per heavy atom. The summed E-state index contributed by atoms with van der Waals surface area (Å²) in [7, 11) is 0. The van der Waals surface area contributed by atoms with Gasteiger partial charge in [-0.2, -0.15) is 0 Å².